The summed E-state index contributed by atoms with van der Waals surface area (Å²) in [5.74, 6) is 1.58. The highest BCUT2D eigenvalue weighted by Gasteiger charge is 2.29. The van der Waals surface area contributed by atoms with Crippen LogP contribution in [0.5, 0.6) is 5.75 Å². The van der Waals surface area contributed by atoms with Crippen molar-refractivity contribution in [2.75, 3.05) is 13.7 Å². The zero-order valence-corrected chi connectivity index (χ0v) is 10.7. The van der Waals surface area contributed by atoms with Gasteiger partial charge < -0.3 is 14.6 Å². The quantitative estimate of drug-likeness (QED) is 0.676. The highest BCUT2D eigenvalue weighted by Crippen LogP contribution is 2.32. The summed E-state index contributed by atoms with van der Waals surface area (Å²) in [6, 6.07) is 5.64. The predicted molar refractivity (Wildman–Crippen MR) is 71.9 cm³/mol. The van der Waals surface area contributed by atoms with Gasteiger partial charge in [0.2, 0.25) is 6.41 Å². The van der Waals surface area contributed by atoms with Crippen LogP contribution >= 0.6 is 0 Å². The second-order valence-electron chi connectivity index (χ2n) is 4.75. The van der Waals surface area contributed by atoms with Crippen LogP contribution in [0, 0.1) is 0 Å². The van der Waals surface area contributed by atoms with Crippen LogP contribution in [0.25, 0.3) is 11.0 Å². The Hall–Kier alpha value is -2.30. The normalized spacial score (nSPS) is 19.1. The Morgan fingerprint density at radius 3 is 3.16 bits per heavy atom. The second-order valence-corrected chi connectivity index (χ2v) is 4.75. The van der Waals surface area contributed by atoms with Gasteiger partial charge in [-0.15, -0.1) is 0 Å². The van der Waals surface area contributed by atoms with Crippen LogP contribution in [0.3, 0.4) is 0 Å². The number of nitrogens with zero attached hydrogens (tertiary/aromatic N) is 2. The van der Waals surface area contributed by atoms with Crippen molar-refractivity contribution in [3.63, 3.8) is 0 Å². The molecule has 0 bridgehead atoms. The third kappa shape index (κ3) is 1.97. The summed E-state index contributed by atoms with van der Waals surface area (Å²) in [7, 11) is 1.63. The number of carbonyl (C=O) groups is 1. The second kappa shape index (κ2) is 4.42. The molecule has 3 rings (SSSR count). The Kier molecular flexibility index (Phi) is 2.74. The van der Waals surface area contributed by atoms with Gasteiger partial charge in [-0.05, 0) is 18.6 Å². The third-order valence-corrected chi connectivity index (χ3v) is 3.45. The number of amides is 1. The summed E-state index contributed by atoms with van der Waals surface area (Å²) in [5.41, 5.74) is 2.84. The van der Waals surface area contributed by atoms with Crippen LogP contribution in [0.15, 0.2) is 30.4 Å². The van der Waals surface area contributed by atoms with E-state index in [4.69, 9.17) is 4.74 Å². The first-order valence-electron chi connectivity index (χ1n) is 6.12. The molecule has 2 aromatic rings. The number of rotatable bonds is 3. The SMILES string of the molecule is C=C1C[C@@H](c2nc3ccc(OC)cc3[nH]2)N(C=O)C1. The van der Waals surface area contributed by atoms with E-state index in [9.17, 15) is 4.79 Å². The van der Waals surface area contributed by atoms with Gasteiger partial charge >= 0.3 is 0 Å². The molecular weight excluding hydrogens is 242 g/mol. The van der Waals surface area contributed by atoms with E-state index in [-0.39, 0.29) is 6.04 Å². The topological polar surface area (TPSA) is 58.2 Å². The fourth-order valence-electron chi connectivity index (χ4n) is 2.48. The van der Waals surface area contributed by atoms with Gasteiger partial charge in [-0.3, -0.25) is 4.79 Å². The van der Waals surface area contributed by atoms with Crippen molar-refractivity contribution < 1.29 is 9.53 Å². The van der Waals surface area contributed by atoms with Gasteiger partial charge in [0.1, 0.15) is 11.6 Å². The number of hydrogen-bond acceptors (Lipinski definition) is 3. The van der Waals surface area contributed by atoms with Crippen molar-refractivity contribution in [3.8, 4) is 5.75 Å². The number of aromatic nitrogens is 2. The number of benzene rings is 1. The Morgan fingerprint density at radius 1 is 1.58 bits per heavy atom. The molecule has 1 fully saturated rings. The minimum absolute atomic E-state index is 0.0385. The smallest absolute Gasteiger partial charge is 0.210 e. The molecule has 1 aliphatic rings. The molecule has 98 valence electrons. The first kappa shape index (κ1) is 11.8. The minimum atomic E-state index is -0.0385. The predicted octanol–water partition coefficient (Wildman–Crippen LogP) is 2.03. The Morgan fingerprint density at radius 2 is 2.42 bits per heavy atom. The van der Waals surface area contributed by atoms with E-state index in [0.717, 1.165) is 41.0 Å². The number of imidazole rings is 1. The zero-order chi connectivity index (χ0) is 13.4. The van der Waals surface area contributed by atoms with E-state index in [1.807, 2.05) is 18.2 Å². The highest BCUT2D eigenvalue weighted by molar-refractivity contribution is 5.77. The number of methoxy groups -OCH3 is 1. The van der Waals surface area contributed by atoms with Gasteiger partial charge in [0.15, 0.2) is 0 Å². The maximum absolute atomic E-state index is 11.1. The van der Waals surface area contributed by atoms with Gasteiger partial charge in [-0.1, -0.05) is 12.2 Å². The summed E-state index contributed by atoms with van der Waals surface area (Å²) in [6.07, 6.45) is 1.62. The average molecular weight is 257 g/mol. The Bertz CT molecular complexity index is 647. The molecule has 0 saturated carbocycles. The molecule has 0 radical (unpaired) electrons. The number of likely N-dealkylation sites (tertiary alicyclic amines) is 1. The zero-order valence-electron chi connectivity index (χ0n) is 10.7. The summed E-state index contributed by atoms with van der Waals surface area (Å²) >= 11 is 0. The molecule has 0 unspecified atom stereocenters. The maximum atomic E-state index is 11.1. The molecule has 0 aliphatic carbocycles. The monoisotopic (exact) mass is 257 g/mol. The van der Waals surface area contributed by atoms with Gasteiger partial charge in [0.05, 0.1) is 24.2 Å². The lowest BCUT2D eigenvalue weighted by Crippen LogP contribution is -2.22. The number of hydrogen-bond donors (Lipinski definition) is 1. The molecule has 1 aromatic heterocycles. The molecule has 1 aromatic carbocycles. The molecule has 1 N–H and O–H groups in total. The van der Waals surface area contributed by atoms with Crippen LogP contribution in [-0.2, 0) is 4.79 Å². The molecule has 2 heterocycles. The average Bonchev–Trinajstić information content (AvgIpc) is 3.00. The lowest BCUT2D eigenvalue weighted by molar-refractivity contribution is -0.118. The van der Waals surface area contributed by atoms with Crippen LogP contribution in [0.4, 0.5) is 0 Å². The molecular formula is C14H15N3O2. The van der Waals surface area contributed by atoms with Crippen molar-refractivity contribution in [3.05, 3.63) is 36.2 Å². The highest BCUT2D eigenvalue weighted by atomic mass is 16.5. The number of H-pyrrole nitrogens is 1. The summed E-state index contributed by atoms with van der Waals surface area (Å²) in [5, 5.41) is 0. The molecule has 1 saturated heterocycles. The fraction of sp³-hybridized carbons (Fsp3) is 0.286. The molecule has 5 nitrogen and oxygen atoms in total. The first-order chi connectivity index (χ1) is 9.21. The summed E-state index contributed by atoms with van der Waals surface area (Å²) in [6.45, 7) is 4.55. The van der Waals surface area contributed by atoms with Gasteiger partial charge in [0, 0.05) is 12.6 Å². The number of ether oxygens (including phenoxy) is 1. The molecule has 1 amide bonds. The number of carbonyl (C=O) groups excluding carboxylic acids is 1. The molecule has 1 aliphatic heterocycles. The van der Waals surface area contributed by atoms with Crippen LogP contribution < -0.4 is 4.74 Å². The summed E-state index contributed by atoms with van der Waals surface area (Å²) in [4.78, 5) is 20.6. The molecule has 5 heteroatoms. The Balaban J connectivity index is 2.01. The van der Waals surface area contributed by atoms with Crippen molar-refractivity contribution in [2.45, 2.75) is 12.5 Å². The Labute approximate surface area is 110 Å². The van der Waals surface area contributed by atoms with E-state index in [1.54, 1.807) is 12.0 Å². The van der Waals surface area contributed by atoms with Gasteiger partial charge in [-0.25, -0.2) is 4.98 Å². The standard InChI is InChI=1S/C14H15N3O2/c1-9-5-13(17(7-9)8-18)14-15-11-4-3-10(19-2)6-12(11)16-14/h3-4,6,8,13H,1,5,7H2,2H3,(H,15,16)/t13-/m0/s1. The summed E-state index contributed by atoms with van der Waals surface area (Å²) < 4.78 is 5.19. The minimum Gasteiger partial charge on any atom is -0.497 e. The van der Waals surface area contributed by atoms with E-state index < -0.39 is 0 Å². The lowest BCUT2D eigenvalue weighted by Gasteiger charge is -2.16. The van der Waals surface area contributed by atoms with Gasteiger partial charge in [-0.2, -0.15) is 0 Å². The van der Waals surface area contributed by atoms with E-state index in [1.165, 1.54) is 0 Å². The van der Waals surface area contributed by atoms with E-state index in [0.29, 0.717) is 6.54 Å². The number of fused-ring (bicyclic) bond motifs is 1. The fourth-order valence-corrected chi connectivity index (χ4v) is 2.48. The van der Waals surface area contributed by atoms with E-state index in [2.05, 4.69) is 16.5 Å². The van der Waals surface area contributed by atoms with Crippen LogP contribution in [-0.4, -0.2) is 34.9 Å². The van der Waals surface area contributed by atoms with Crippen molar-refractivity contribution in [1.82, 2.24) is 14.9 Å². The van der Waals surface area contributed by atoms with Crippen LogP contribution in [0.2, 0.25) is 0 Å². The number of nitrogens with one attached hydrogen (secondary N) is 1. The lowest BCUT2D eigenvalue weighted by atomic mass is 10.2. The van der Waals surface area contributed by atoms with Crippen molar-refractivity contribution in [2.24, 2.45) is 0 Å². The van der Waals surface area contributed by atoms with Crippen molar-refractivity contribution in [1.29, 1.82) is 0 Å². The molecule has 1 atom stereocenters. The van der Waals surface area contributed by atoms with Gasteiger partial charge in [0.25, 0.3) is 0 Å². The maximum Gasteiger partial charge on any atom is 0.210 e. The largest absolute Gasteiger partial charge is 0.497 e. The molecule has 0 spiro atoms. The number of aromatic amines is 1. The first-order valence-corrected chi connectivity index (χ1v) is 6.12. The molecule has 19 heavy (non-hydrogen) atoms. The third-order valence-electron chi connectivity index (χ3n) is 3.45. The van der Waals surface area contributed by atoms with Crippen LogP contribution in [0.1, 0.15) is 18.3 Å². The van der Waals surface area contributed by atoms with E-state index >= 15 is 0 Å². The van der Waals surface area contributed by atoms with Crippen molar-refractivity contribution >= 4 is 17.4 Å².